The van der Waals surface area contributed by atoms with Gasteiger partial charge in [0.1, 0.15) is 0 Å². The molecule has 20 heavy (non-hydrogen) atoms. The Labute approximate surface area is 119 Å². The van der Waals surface area contributed by atoms with Crippen LogP contribution < -0.4 is 4.90 Å². The first-order chi connectivity index (χ1) is 9.49. The predicted octanol–water partition coefficient (Wildman–Crippen LogP) is 3.64. The SMILES string of the molecule is Cc1cccc(CN(C)c2c(C)cccc2C(=O)O)c1. The standard InChI is InChI=1S/C17H19NO2/c1-12-6-4-8-14(10-12)11-18(3)16-13(2)7-5-9-15(16)17(19)20/h4-10H,11H2,1-3H3,(H,19,20). The molecular formula is C17H19NO2. The summed E-state index contributed by atoms with van der Waals surface area (Å²) in [4.78, 5) is 13.4. The number of carboxylic acid groups (broad SMARTS) is 1. The van der Waals surface area contributed by atoms with Gasteiger partial charge in [0.25, 0.3) is 0 Å². The number of carboxylic acids is 1. The van der Waals surface area contributed by atoms with Gasteiger partial charge in [-0.3, -0.25) is 0 Å². The molecule has 0 radical (unpaired) electrons. The molecule has 0 saturated heterocycles. The molecule has 0 amide bonds. The Hall–Kier alpha value is -2.29. The fourth-order valence-electron chi connectivity index (χ4n) is 2.50. The predicted molar refractivity (Wildman–Crippen MR) is 81.4 cm³/mol. The van der Waals surface area contributed by atoms with E-state index in [1.165, 1.54) is 11.1 Å². The van der Waals surface area contributed by atoms with Gasteiger partial charge in [0.05, 0.1) is 11.3 Å². The van der Waals surface area contributed by atoms with Crippen molar-refractivity contribution < 1.29 is 9.90 Å². The van der Waals surface area contributed by atoms with Gasteiger partial charge in [0.15, 0.2) is 0 Å². The van der Waals surface area contributed by atoms with Crippen LogP contribution in [0, 0.1) is 13.8 Å². The molecule has 2 aromatic carbocycles. The molecule has 0 aliphatic rings. The molecule has 0 heterocycles. The molecule has 0 unspecified atom stereocenters. The number of rotatable bonds is 4. The van der Waals surface area contributed by atoms with Crippen molar-refractivity contribution in [2.75, 3.05) is 11.9 Å². The van der Waals surface area contributed by atoms with Crippen LogP contribution in [0.4, 0.5) is 5.69 Å². The zero-order chi connectivity index (χ0) is 14.7. The fraction of sp³-hybridized carbons (Fsp3) is 0.235. The van der Waals surface area contributed by atoms with Crippen LogP contribution in [0.15, 0.2) is 42.5 Å². The van der Waals surface area contributed by atoms with Crippen molar-refractivity contribution >= 4 is 11.7 Å². The second-order valence-corrected chi connectivity index (χ2v) is 5.12. The number of carbonyl (C=O) groups is 1. The van der Waals surface area contributed by atoms with Crippen molar-refractivity contribution in [3.8, 4) is 0 Å². The maximum Gasteiger partial charge on any atom is 0.337 e. The highest BCUT2D eigenvalue weighted by molar-refractivity contribution is 5.95. The summed E-state index contributed by atoms with van der Waals surface area (Å²) in [7, 11) is 1.93. The van der Waals surface area contributed by atoms with E-state index in [2.05, 4.69) is 25.1 Å². The molecule has 0 fully saturated rings. The zero-order valence-electron chi connectivity index (χ0n) is 12.1. The molecule has 0 aliphatic heterocycles. The smallest absolute Gasteiger partial charge is 0.337 e. The van der Waals surface area contributed by atoms with E-state index in [-0.39, 0.29) is 0 Å². The third-order valence-corrected chi connectivity index (χ3v) is 3.35. The summed E-state index contributed by atoms with van der Waals surface area (Å²) in [5.74, 6) is -0.889. The molecule has 104 valence electrons. The topological polar surface area (TPSA) is 40.5 Å². The highest BCUT2D eigenvalue weighted by atomic mass is 16.4. The number of para-hydroxylation sites is 1. The Morgan fingerprint density at radius 3 is 2.50 bits per heavy atom. The van der Waals surface area contributed by atoms with Gasteiger partial charge in [-0.2, -0.15) is 0 Å². The minimum Gasteiger partial charge on any atom is -0.478 e. The third-order valence-electron chi connectivity index (χ3n) is 3.35. The highest BCUT2D eigenvalue weighted by Gasteiger charge is 2.15. The molecule has 3 heteroatoms. The van der Waals surface area contributed by atoms with Crippen molar-refractivity contribution in [2.24, 2.45) is 0 Å². The quantitative estimate of drug-likeness (QED) is 0.921. The number of aryl methyl sites for hydroxylation is 2. The van der Waals surface area contributed by atoms with Gasteiger partial charge in [-0.15, -0.1) is 0 Å². The van der Waals surface area contributed by atoms with Gasteiger partial charge < -0.3 is 10.0 Å². The van der Waals surface area contributed by atoms with Crippen LogP contribution in [0.2, 0.25) is 0 Å². The van der Waals surface area contributed by atoms with Gasteiger partial charge in [-0.05, 0) is 31.0 Å². The van der Waals surface area contributed by atoms with Crippen molar-refractivity contribution in [1.29, 1.82) is 0 Å². The fourth-order valence-corrected chi connectivity index (χ4v) is 2.50. The minimum atomic E-state index is -0.889. The molecule has 3 nitrogen and oxygen atoms in total. The summed E-state index contributed by atoms with van der Waals surface area (Å²) in [6, 6.07) is 13.6. The van der Waals surface area contributed by atoms with Gasteiger partial charge in [0, 0.05) is 13.6 Å². The molecule has 0 aromatic heterocycles. The Balaban J connectivity index is 2.34. The van der Waals surface area contributed by atoms with E-state index in [0.717, 1.165) is 11.3 Å². The maximum absolute atomic E-state index is 11.4. The number of anilines is 1. The number of nitrogens with zero attached hydrogens (tertiary/aromatic N) is 1. The first-order valence-corrected chi connectivity index (χ1v) is 6.58. The summed E-state index contributed by atoms with van der Waals surface area (Å²) in [6.07, 6.45) is 0. The van der Waals surface area contributed by atoms with Gasteiger partial charge >= 0.3 is 5.97 Å². The van der Waals surface area contributed by atoms with Crippen molar-refractivity contribution in [3.63, 3.8) is 0 Å². The normalized spacial score (nSPS) is 10.3. The summed E-state index contributed by atoms with van der Waals surface area (Å²) < 4.78 is 0. The molecule has 1 N–H and O–H groups in total. The molecule has 0 saturated carbocycles. The summed E-state index contributed by atoms with van der Waals surface area (Å²) in [5.41, 5.74) is 4.48. The maximum atomic E-state index is 11.4. The average molecular weight is 269 g/mol. The zero-order valence-corrected chi connectivity index (χ0v) is 12.1. The van der Waals surface area contributed by atoms with E-state index in [1.54, 1.807) is 12.1 Å². The summed E-state index contributed by atoms with van der Waals surface area (Å²) in [6.45, 7) is 4.68. The first kappa shape index (κ1) is 14.1. The van der Waals surface area contributed by atoms with Crippen LogP contribution >= 0.6 is 0 Å². The summed E-state index contributed by atoms with van der Waals surface area (Å²) in [5, 5.41) is 9.32. The van der Waals surface area contributed by atoms with Crippen LogP contribution in [0.5, 0.6) is 0 Å². The van der Waals surface area contributed by atoms with Crippen LogP contribution in [0.25, 0.3) is 0 Å². The summed E-state index contributed by atoms with van der Waals surface area (Å²) >= 11 is 0. The second kappa shape index (κ2) is 5.78. The van der Waals surface area contributed by atoms with Crippen LogP contribution in [-0.2, 0) is 6.54 Å². The molecule has 0 spiro atoms. The van der Waals surface area contributed by atoms with Crippen molar-refractivity contribution in [2.45, 2.75) is 20.4 Å². The lowest BCUT2D eigenvalue weighted by Crippen LogP contribution is -2.20. The van der Waals surface area contributed by atoms with Crippen LogP contribution in [0.1, 0.15) is 27.0 Å². The van der Waals surface area contributed by atoms with Crippen LogP contribution in [0.3, 0.4) is 0 Å². The highest BCUT2D eigenvalue weighted by Crippen LogP contribution is 2.25. The Morgan fingerprint density at radius 2 is 1.85 bits per heavy atom. The van der Waals surface area contributed by atoms with Gasteiger partial charge in [-0.25, -0.2) is 4.79 Å². The molecule has 2 aromatic rings. The van der Waals surface area contributed by atoms with Gasteiger partial charge in [0.2, 0.25) is 0 Å². The number of benzene rings is 2. The number of hydrogen-bond acceptors (Lipinski definition) is 2. The molecular weight excluding hydrogens is 250 g/mol. The molecule has 2 rings (SSSR count). The van der Waals surface area contributed by atoms with E-state index >= 15 is 0 Å². The molecule has 0 atom stereocenters. The van der Waals surface area contributed by atoms with Crippen molar-refractivity contribution in [1.82, 2.24) is 0 Å². The lowest BCUT2D eigenvalue weighted by atomic mass is 10.1. The number of aromatic carboxylic acids is 1. The first-order valence-electron chi connectivity index (χ1n) is 6.58. The third kappa shape index (κ3) is 2.99. The average Bonchev–Trinajstić information content (AvgIpc) is 2.38. The Morgan fingerprint density at radius 1 is 1.15 bits per heavy atom. The lowest BCUT2D eigenvalue weighted by molar-refractivity contribution is 0.0697. The minimum absolute atomic E-state index is 0.347. The van der Waals surface area contributed by atoms with E-state index in [4.69, 9.17) is 0 Å². The molecule has 0 aliphatic carbocycles. The van der Waals surface area contributed by atoms with E-state index in [9.17, 15) is 9.90 Å². The Bertz CT molecular complexity index is 635. The van der Waals surface area contributed by atoms with Gasteiger partial charge in [-0.1, -0.05) is 42.0 Å². The monoisotopic (exact) mass is 269 g/mol. The Kier molecular flexibility index (Phi) is 4.08. The van der Waals surface area contributed by atoms with E-state index in [1.807, 2.05) is 31.0 Å². The largest absolute Gasteiger partial charge is 0.478 e. The lowest BCUT2D eigenvalue weighted by Gasteiger charge is -2.23. The van der Waals surface area contributed by atoms with Crippen molar-refractivity contribution in [3.05, 3.63) is 64.7 Å². The number of hydrogen-bond donors (Lipinski definition) is 1. The van der Waals surface area contributed by atoms with E-state index < -0.39 is 5.97 Å². The second-order valence-electron chi connectivity index (χ2n) is 5.12. The van der Waals surface area contributed by atoms with E-state index in [0.29, 0.717) is 12.1 Å². The van der Waals surface area contributed by atoms with Crippen LogP contribution in [-0.4, -0.2) is 18.1 Å². The molecule has 0 bridgehead atoms.